The number of hydrogen-bond acceptors (Lipinski definition) is 5. The first-order valence-corrected chi connectivity index (χ1v) is 6.35. The number of thioether (sulfide) groups is 1. The van der Waals surface area contributed by atoms with Gasteiger partial charge in [-0.05, 0) is 24.0 Å². The van der Waals surface area contributed by atoms with Gasteiger partial charge in [-0.15, -0.1) is 0 Å². The summed E-state index contributed by atoms with van der Waals surface area (Å²) < 4.78 is 0. The van der Waals surface area contributed by atoms with Crippen LogP contribution >= 0.6 is 11.8 Å². The number of nitro groups is 1. The van der Waals surface area contributed by atoms with Crippen LogP contribution in [0.25, 0.3) is 0 Å². The van der Waals surface area contributed by atoms with E-state index in [4.69, 9.17) is 0 Å². The lowest BCUT2D eigenvalue weighted by atomic mass is 10.2. The van der Waals surface area contributed by atoms with Crippen LogP contribution in [0.4, 0.5) is 11.4 Å². The first kappa shape index (κ1) is 12.8. The Morgan fingerprint density at radius 1 is 1.69 bits per heavy atom. The van der Waals surface area contributed by atoms with Crippen molar-refractivity contribution in [2.24, 2.45) is 5.92 Å². The van der Waals surface area contributed by atoms with Gasteiger partial charge >= 0.3 is 5.69 Å². The summed E-state index contributed by atoms with van der Waals surface area (Å²) in [5.74, 6) is 1.51. The fraction of sp³-hybridized carbons (Fsp3) is 0.500. The van der Waals surface area contributed by atoms with Crippen LogP contribution in [0.2, 0.25) is 0 Å². The highest BCUT2D eigenvalue weighted by Gasteiger charge is 2.13. The molecule has 1 unspecified atom stereocenters. The molecule has 6 heteroatoms. The maximum atomic E-state index is 10.7. The second-order valence-corrected chi connectivity index (χ2v) is 4.50. The molecule has 0 saturated heterocycles. The summed E-state index contributed by atoms with van der Waals surface area (Å²) in [5, 5.41) is 13.8. The molecule has 1 N–H and O–H groups in total. The van der Waals surface area contributed by atoms with Gasteiger partial charge in [0, 0.05) is 12.7 Å². The van der Waals surface area contributed by atoms with Gasteiger partial charge in [0.1, 0.15) is 11.9 Å². The summed E-state index contributed by atoms with van der Waals surface area (Å²) in [6.07, 6.45) is 4.86. The monoisotopic (exact) mass is 241 g/mol. The average molecular weight is 241 g/mol. The maximum Gasteiger partial charge on any atom is 0.310 e. The van der Waals surface area contributed by atoms with E-state index in [1.807, 2.05) is 6.26 Å². The molecule has 0 fully saturated rings. The van der Waals surface area contributed by atoms with Crippen LogP contribution in [0.1, 0.15) is 6.92 Å². The minimum absolute atomic E-state index is 0.0267. The SMILES string of the molecule is CSCC(C)CNc1ccncc1[N+](=O)[O-]. The lowest BCUT2D eigenvalue weighted by Crippen LogP contribution is -2.14. The zero-order chi connectivity index (χ0) is 12.0. The van der Waals surface area contributed by atoms with Gasteiger partial charge in [-0.25, -0.2) is 0 Å². The first-order chi connectivity index (χ1) is 7.65. The van der Waals surface area contributed by atoms with Crippen molar-refractivity contribution >= 4 is 23.1 Å². The second-order valence-electron chi connectivity index (χ2n) is 3.59. The van der Waals surface area contributed by atoms with Crippen LogP contribution in [-0.4, -0.2) is 28.5 Å². The molecule has 0 spiro atoms. The van der Waals surface area contributed by atoms with E-state index in [0.717, 1.165) is 12.3 Å². The second kappa shape index (κ2) is 6.32. The van der Waals surface area contributed by atoms with E-state index >= 15 is 0 Å². The van der Waals surface area contributed by atoms with Crippen LogP contribution in [0.3, 0.4) is 0 Å². The topological polar surface area (TPSA) is 68.1 Å². The Labute approximate surface area is 98.8 Å². The normalized spacial score (nSPS) is 12.1. The number of hydrogen-bond donors (Lipinski definition) is 1. The van der Waals surface area contributed by atoms with Crippen molar-refractivity contribution in [3.8, 4) is 0 Å². The predicted molar refractivity (Wildman–Crippen MR) is 66.9 cm³/mol. The molecule has 0 aromatic carbocycles. The van der Waals surface area contributed by atoms with Crippen molar-refractivity contribution in [2.75, 3.05) is 23.9 Å². The van der Waals surface area contributed by atoms with Crippen LogP contribution in [-0.2, 0) is 0 Å². The van der Waals surface area contributed by atoms with E-state index in [1.54, 1.807) is 24.0 Å². The summed E-state index contributed by atoms with van der Waals surface area (Å²) in [6.45, 7) is 2.84. The zero-order valence-corrected chi connectivity index (χ0v) is 10.2. The zero-order valence-electron chi connectivity index (χ0n) is 9.34. The number of anilines is 1. The molecular weight excluding hydrogens is 226 g/mol. The first-order valence-electron chi connectivity index (χ1n) is 4.96. The molecule has 88 valence electrons. The molecule has 1 rings (SSSR count). The lowest BCUT2D eigenvalue weighted by molar-refractivity contribution is -0.384. The summed E-state index contributed by atoms with van der Waals surface area (Å²) in [4.78, 5) is 14.0. The van der Waals surface area contributed by atoms with E-state index < -0.39 is 4.92 Å². The maximum absolute atomic E-state index is 10.7. The van der Waals surface area contributed by atoms with Crippen LogP contribution in [0.15, 0.2) is 18.5 Å². The van der Waals surface area contributed by atoms with Gasteiger partial charge in [-0.3, -0.25) is 15.1 Å². The number of nitrogens with one attached hydrogen (secondary N) is 1. The Bertz CT molecular complexity index is 360. The lowest BCUT2D eigenvalue weighted by Gasteiger charge is -2.11. The Morgan fingerprint density at radius 2 is 2.44 bits per heavy atom. The fourth-order valence-corrected chi connectivity index (χ4v) is 2.00. The van der Waals surface area contributed by atoms with Crippen LogP contribution in [0, 0.1) is 16.0 Å². The van der Waals surface area contributed by atoms with Gasteiger partial charge in [0.15, 0.2) is 0 Å². The Morgan fingerprint density at radius 3 is 3.06 bits per heavy atom. The summed E-state index contributed by atoms with van der Waals surface area (Å²) >= 11 is 1.77. The van der Waals surface area contributed by atoms with Gasteiger partial charge in [0.25, 0.3) is 0 Å². The van der Waals surface area contributed by atoms with Gasteiger partial charge < -0.3 is 5.32 Å². The molecule has 0 saturated carbocycles. The Hall–Kier alpha value is -1.30. The standard InChI is InChI=1S/C10H15N3O2S/c1-8(7-16-2)5-12-9-3-4-11-6-10(9)13(14)15/h3-4,6,8H,5,7H2,1-2H3,(H,11,12). The van der Waals surface area contributed by atoms with Crippen LogP contribution < -0.4 is 5.32 Å². The van der Waals surface area contributed by atoms with Crippen molar-refractivity contribution in [2.45, 2.75) is 6.92 Å². The fourth-order valence-electron chi connectivity index (χ4n) is 1.31. The third kappa shape index (κ3) is 3.69. The predicted octanol–water partition coefficient (Wildman–Crippen LogP) is 2.40. The van der Waals surface area contributed by atoms with Crippen molar-refractivity contribution in [3.63, 3.8) is 0 Å². The quantitative estimate of drug-likeness (QED) is 0.612. The van der Waals surface area contributed by atoms with E-state index in [0.29, 0.717) is 11.6 Å². The molecule has 0 aliphatic carbocycles. The molecule has 1 heterocycles. The smallest absolute Gasteiger partial charge is 0.310 e. The molecule has 0 bridgehead atoms. The van der Waals surface area contributed by atoms with Gasteiger partial charge in [-0.1, -0.05) is 6.92 Å². The summed E-state index contributed by atoms with van der Waals surface area (Å²) in [6, 6.07) is 1.63. The molecule has 0 amide bonds. The van der Waals surface area contributed by atoms with E-state index in [-0.39, 0.29) is 5.69 Å². The third-order valence-electron chi connectivity index (χ3n) is 2.09. The van der Waals surface area contributed by atoms with E-state index in [9.17, 15) is 10.1 Å². The highest BCUT2D eigenvalue weighted by atomic mass is 32.2. The minimum Gasteiger partial charge on any atom is -0.379 e. The number of rotatable bonds is 6. The third-order valence-corrected chi connectivity index (χ3v) is 2.99. The van der Waals surface area contributed by atoms with Gasteiger partial charge in [0.05, 0.1) is 4.92 Å². The number of pyridine rings is 1. The molecular formula is C10H15N3O2S. The van der Waals surface area contributed by atoms with E-state index in [1.165, 1.54) is 6.20 Å². The van der Waals surface area contributed by atoms with Gasteiger partial charge in [0.2, 0.25) is 0 Å². The Kier molecular flexibility index (Phi) is 5.04. The molecule has 1 aromatic rings. The number of nitrogens with zero attached hydrogens (tertiary/aromatic N) is 2. The summed E-state index contributed by atoms with van der Waals surface area (Å²) in [5.41, 5.74) is 0.562. The molecule has 5 nitrogen and oxygen atoms in total. The molecule has 16 heavy (non-hydrogen) atoms. The molecule has 0 aliphatic rings. The highest BCUT2D eigenvalue weighted by molar-refractivity contribution is 7.98. The van der Waals surface area contributed by atoms with Gasteiger partial charge in [-0.2, -0.15) is 11.8 Å². The largest absolute Gasteiger partial charge is 0.379 e. The van der Waals surface area contributed by atoms with E-state index in [2.05, 4.69) is 17.2 Å². The van der Waals surface area contributed by atoms with Crippen molar-refractivity contribution in [1.82, 2.24) is 4.98 Å². The number of aromatic nitrogens is 1. The highest BCUT2D eigenvalue weighted by Crippen LogP contribution is 2.22. The summed E-state index contributed by atoms with van der Waals surface area (Å²) in [7, 11) is 0. The van der Waals surface area contributed by atoms with Crippen molar-refractivity contribution < 1.29 is 4.92 Å². The van der Waals surface area contributed by atoms with Crippen molar-refractivity contribution in [1.29, 1.82) is 0 Å². The minimum atomic E-state index is -0.422. The molecule has 1 atom stereocenters. The Balaban J connectivity index is 2.63. The van der Waals surface area contributed by atoms with Crippen LogP contribution in [0.5, 0.6) is 0 Å². The molecule has 0 radical (unpaired) electrons. The molecule has 1 aromatic heterocycles. The molecule has 0 aliphatic heterocycles. The average Bonchev–Trinajstić information content (AvgIpc) is 2.27. The van der Waals surface area contributed by atoms with Crippen molar-refractivity contribution in [3.05, 3.63) is 28.6 Å².